The molecule has 4 unspecified atom stereocenters. The van der Waals surface area contributed by atoms with Gasteiger partial charge >= 0.3 is 0 Å². The van der Waals surface area contributed by atoms with E-state index in [0.29, 0.717) is 5.92 Å². The van der Waals surface area contributed by atoms with Gasteiger partial charge in [0, 0.05) is 17.5 Å². The minimum Gasteiger partial charge on any atom is -0.330 e. The van der Waals surface area contributed by atoms with Gasteiger partial charge in [0.25, 0.3) is 0 Å². The van der Waals surface area contributed by atoms with Gasteiger partial charge in [-0.3, -0.25) is 4.79 Å². The number of amides is 1. The van der Waals surface area contributed by atoms with Crippen molar-refractivity contribution in [2.75, 3.05) is 0 Å². The summed E-state index contributed by atoms with van der Waals surface area (Å²) in [6, 6.07) is 0. The Bertz CT molecular complexity index is 280. The van der Waals surface area contributed by atoms with Gasteiger partial charge in [-0.1, -0.05) is 46.1 Å². The molecule has 0 bridgehead atoms. The van der Waals surface area contributed by atoms with Gasteiger partial charge in [0.05, 0.1) is 0 Å². The predicted octanol–water partition coefficient (Wildman–Crippen LogP) is 3.49. The number of allylic oxidation sites excluding steroid dienone is 1. The summed E-state index contributed by atoms with van der Waals surface area (Å²) in [6.45, 7) is 7.99. The second-order valence-corrected chi connectivity index (χ2v) is 5.50. The molecule has 3 aliphatic rings. The summed E-state index contributed by atoms with van der Waals surface area (Å²) in [5.41, 5.74) is 0.994. The molecule has 17 heavy (non-hydrogen) atoms. The molecule has 96 valence electrons. The Hall–Kier alpha value is -0.790. The normalized spacial score (nSPS) is 39.6. The second kappa shape index (κ2) is 5.24. The standard InChI is InChI=1S/C13H19NO.C2H6/c1-8-11-6-9-4-2-3-5-10(9)7-12(11)13(15)14-8;1-2/h9-12H,1-7H2,(H,14,15);1-2H3. The van der Waals surface area contributed by atoms with Crippen LogP contribution in [0.4, 0.5) is 0 Å². The van der Waals surface area contributed by atoms with Crippen LogP contribution in [0, 0.1) is 23.7 Å². The van der Waals surface area contributed by atoms with Crippen molar-refractivity contribution in [1.82, 2.24) is 5.32 Å². The SMILES string of the molecule is C=C1NC(=O)C2CC3CCCCC3CC12.CC. The molecule has 0 aromatic rings. The maximum absolute atomic E-state index is 11.7. The van der Waals surface area contributed by atoms with Crippen LogP contribution < -0.4 is 5.32 Å². The van der Waals surface area contributed by atoms with Gasteiger partial charge in [-0.2, -0.15) is 0 Å². The lowest BCUT2D eigenvalue weighted by molar-refractivity contribution is -0.124. The van der Waals surface area contributed by atoms with Crippen molar-refractivity contribution in [3.8, 4) is 0 Å². The summed E-state index contributed by atoms with van der Waals surface area (Å²) in [6.07, 6.45) is 7.85. The van der Waals surface area contributed by atoms with Crippen LogP contribution in [0.1, 0.15) is 52.4 Å². The van der Waals surface area contributed by atoms with Crippen LogP contribution in [0.25, 0.3) is 0 Å². The van der Waals surface area contributed by atoms with Gasteiger partial charge < -0.3 is 5.32 Å². The Morgan fingerprint density at radius 1 is 1.06 bits per heavy atom. The third-order valence-corrected chi connectivity index (χ3v) is 4.73. The van der Waals surface area contributed by atoms with Gasteiger partial charge in [0.1, 0.15) is 0 Å². The lowest BCUT2D eigenvalue weighted by atomic mass is 9.64. The fraction of sp³-hybridized carbons (Fsp3) is 0.800. The number of carbonyl (C=O) groups is 1. The smallest absolute Gasteiger partial charge is 0.227 e. The van der Waals surface area contributed by atoms with E-state index < -0.39 is 0 Å². The average Bonchev–Trinajstić information content (AvgIpc) is 2.65. The van der Waals surface area contributed by atoms with Crippen molar-refractivity contribution >= 4 is 5.91 Å². The monoisotopic (exact) mass is 235 g/mol. The van der Waals surface area contributed by atoms with Crippen molar-refractivity contribution in [3.05, 3.63) is 12.3 Å². The van der Waals surface area contributed by atoms with E-state index in [-0.39, 0.29) is 11.8 Å². The highest BCUT2D eigenvalue weighted by Crippen LogP contribution is 2.48. The summed E-state index contributed by atoms with van der Waals surface area (Å²) >= 11 is 0. The molecule has 1 heterocycles. The van der Waals surface area contributed by atoms with Gasteiger partial charge in [-0.25, -0.2) is 0 Å². The summed E-state index contributed by atoms with van der Waals surface area (Å²) < 4.78 is 0. The molecule has 2 nitrogen and oxygen atoms in total. The lowest BCUT2D eigenvalue weighted by Gasteiger charge is -2.40. The summed E-state index contributed by atoms with van der Waals surface area (Å²) in [5.74, 6) is 2.67. The fourth-order valence-corrected chi connectivity index (χ4v) is 3.90. The first-order chi connectivity index (χ1) is 8.25. The van der Waals surface area contributed by atoms with Gasteiger partial charge in [0.15, 0.2) is 0 Å². The van der Waals surface area contributed by atoms with Crippen molar-refractivity contribution in [3.63, 3.8) is 0 Å². The first-order valence-corrected chi connectivity index (χ1v) is 7.25. The summed E-state index contributed by atoms with van der Waals surface area (Å²) in [7, 11) is 0. The van der Waals surface area contributed by atoms with Gasteiger partial charge in [0.2, 0.25) is 5.91 Å². The van der Waals surface area contributed by atoms with Crippen molar-refractivity contribution < 1.29 is 4.79 Å². The van der Waals surface area contributed by atoms with E-state index in [9.17, 15) is 4.79 Å². The topological polar surface area (TPSA) is 29.1 Å². The molecule has 1 saturated heterocycles. The molecule has 2 saturated carbocycles. The molecule has 0 aromatic carbocycles. The lowest BCUT2D eigenvalue weighted by Crippen LogP contribution is -2.34. The average molecular weight is 235 g/mol. The molecular weight excluding hydrogens is 210 g/mol. The molecule has 0 aromatic heterocycles. The third-order valence-electron chi connectivity index (χ3n) is 4.73. The second-order valence-electron chi connectivity index (χ2n) is 5.50. The van der Waals surface area contributed by atoms with E-state index in [4.69, 9.17) is 0 Å². The van der Waals surface area contributed by atoms with E-state index in [0.717, 1.165) is 24.0 Å². The van der Waals surface area contributed by atoms with Crippen LogP contribution in [0.15, 0.2) is 12.3 Å². The van der Waals surface area contributed by atoms with Crippen LogP contribution in [0.5, 0.6) is 0 Å². The highest BCUT2D eigenvalue weighted by Gasteiger charge is 2.45. The van der Waals surface area contributed by atoms with Crippen LogP contribution in [-0.4, -0.2) is 5.91 Å². The molecule has 4 atom stereocenters. The van der Waals surface area contributed by atoms with Crippen molar-refractivity contribution in [1.29, 1.82) is 0 Å². The zero-order valence-corrected chi connectivity index (χ0v) is 11.2. The highest BCUT2D eigenvalue weighted by atomic mass is 16.2. The minimum atomic E-state index is 0.244. The number of rotatable bonds is 0. The fourth-order valence-electron chi connectivity index (χ4n) is 3.90. The van der Waals surface area contributed by atoms with Crippen LogP contribution in [0.2, 0.25) is 0 Å². The molecule has 2 aliphatic carbocycles. The van der Waals surface area contributed by atoms with E-state index in [1.165, 1.54) is 32.1 Å². The third kappa shape index (κ3) is 2.27. The molecule has 1 amide bonds. The Labute approximate surface area is 105 Å². The zero-order chi connectivity index (χ0) is 12.4. The first-order valence-electron chi connectivity index (χ1n) is 7.25. The number of fused-ring (bicyclic) bond motifs is 2. The van der Waals surface area contributed by atoms with Crippen LogP contribution >= 0.6 is 0 Å². The Kier molecular flexibility index (Phi) is 3.90. The van der Waals surface area contributed by atoms with E-state index in [1.807, 2.05) is 13.8 Å². The molecule has 3 fully saturated rings. The molecule has 2 heteroatoms. The maximum atomic E-state index is 11.7. The first kappa shape index (κ1) is 12.7. The molecule has 0 radical (unpaired) electrons. The molecule has 0 spiro atoms. The Morgan fingerprint density at radius 3 is 2.18 bits per heavy atom. The maximum Gasteiger partial charge on any atom is 0.227 e. The predicted molar refractivity (Wildman–Crippen MR) is 70.3 cm³/mol. The number of hydrogen-bond acceptors (Lipinski definition) is 1. The number of nitrogens with one attached hydrogen (secondary N) is 1. The van der Waals surface area contributed by atoms with Crippen LogP contribution in [-0.2, 0) is 4.79 Å². The minimum absolute atomic E-state index is 0.244. The van der Waals surface area contributed by atoms with Gasteiger partial charge in [-0.05, 0) is 24.7 Å². The molecule has 3 rings (SSSR count). The molecule has 1 N–H and O–H groups in total. The number of carbonyl (C=O) groups excluding carboxylic acids is 1. The highest BCUT2D eigenvalue weighted by molar-refractivity contribution is 5.84. The molecule has 1 aliphatic heterocycles. The zero-order valence-electron chi connectivity index (χ0n) is 11.2. The molecular formula is C15H25NO. The van der Waals surface area contributed by atoms with Gasteiger partial charge in [-0.15, -0.1) is 0 Å². The number of hydrogen-bond donors (Lipinski definition) is 1. The summed E-state index contributed by atoms with van der Waals surface area (Å²) in [5, 5.41) is 2.94. The summed E-state index contributed by atoms with van der Waals surface area (Å²) in [4.78, 5) is 11.7. The van der Waals surface area contributed by atoms with Crippen molar-refractivity contribution in [2.24, 2.45) is 23.7 Å². The van der Waals surface area contributed by atoms with E-state index in [2.05, 4.69) is 11.9 Å². The van der Waals surface area contributed by atoms with Crippen LogP contribution in [0.3, 0.4) is 0 Å². The van der Waals surface area contributed by atoms with Crippen molar-refractivity contribution in [2.45, 2.75) is 52.4 Å². The van der Waals surface area contributed by atoms with E-state index >= 15 is 0 Å². The largest absolute Gasteiger partial charge is 0.330 e. The Balaban J connectivity index is 0.000000514. The Morgan fingerprint density at radius 2 is 1.59 bits per heavy atom. The van der Waals surface area contributed by atoms with E-state index in [1.54, 1.807) is 0 Å². The quantitative estimate of drug-likeness (QED) is 0.684.